The quantitative estimate of drug-likeness (QED) is 0.469. The number of carbonyl (C=O) groups is 1. The fourth-order valence-electron chi connectivity index (χ4n) is 2.75. The summed E-state index contributed by atoms with van der Waals surface area (Å²) in [5, 5.41) is 4.18. The minimum Gasteiger partial charge on any atom is -0.493 e. The van der Waals surface area contributed by atoms with Crippen LogP contribution in [0.25, 0.3) is 10.9 Å². The van der Waals surface area contributed by atoms with E-state index < -0.39 is 0 Å². The van der Waals surface area contributed by atoms with Gasteiger partial charge in [-0.1, -0.05) is 24.3 Å². The smallest absolute Gasteiger partial charge is 0.224 e. The number of hydrogen-bond acceptors (Lipinski definition) is 4. The number of para-hydroxylation sites is 1. The number of methoxy groups -OCH3 is 2. The van der Waals surface area contributed by atoms with Crippen molar-refractivity contribution in [2.45, 2.75) is 11.3 Å². The Balaban J connectivity index is 1.47. The van der Waals surface area contributed by atoms with Crippen LogP contribution in [-0.2, 0) is 11.2 Å². The Morgan fingerprint density at radius 3 is 2.73 bits per heavy atom. The van der Waals surface area contributed by atoms with Crippen LogP contribution in [0, 0.1) is 0 Å². The van der Waals surface area contributed by atoms with E-state index in [1.165, 1.54) is 10.3 Å². The zero-order valence-electron chi connectivity index (χ0n) is 14.9. The zero-order valence-corrected chi connectivity index (χ0v) is 15.7. The molecule has 1 aromatic heterocycles. The van der Waals surface area contributed by atoms with E-state index in [1.807, 2.05) is 36.5 Å². The average Bonchev–Trinajstić information content (AvgIpc) is 3.08. The highest BCUT2D eigenvalue weighted by Crippen LogP contribution is 2.28. The van der Waals surface area contributed by atoms with Gasteiger partial charge >= 0.3 is 0 Å². The Morgan fingerprint density at radius 1 is 1.12 bits per heavy atom. The lowest BCUT2D eigenvalue weighted by atomic mass is 10.1. The normalized spacial score (nSPS) is 10.7. The van der Waals surface area contributed by atoms with Gasteiger partial charge in [-0.05, 0) is 23.8 Å². The van der Waals surface area contributed by atoms with Crippen molar-refractivity contribution in [1.29, 1.82) is 0 Å². The number of ether oxygens (including phenoxy) is 2. The molecule has 0 atom stereocenters. The van der Waals surface area contributed by atoms with Gasteiger partial charge in [-0.2, -0.15) is 0 Å². The Bertz CT molecular complexity index is 892. The molecular weight excluding hydrogens is 348 g/mol. The Kier molecular flexibility index (Phi) is 6.07. The average molecular weight is 370 g/mol. The molecular formula is C20H22N2O3S. The summed E-state index contributed by atoms with van der Waals surface area (Å²) >= 11 is 1.73. The SMILES string of the molecule is COc1ccc(CC(=O)NCCSc2c[nH]c3ccccc23)cc1OC. The molecule has 0 unspecified atom stereocenters. The van der Waals surface area contributed by atoms with Crippen LogP contribution < -0.4 is 14.8 Å². The van der Waals surface area contributed by atoms with Gasteiger partial charge in [0, 0.05) is 34.3 Å². The van der Waals surface area contributed by atoms with Crippen LogP contribution in [0.3, 0.4) is 0 Å². The third-order valence-corrected chi connectivity index (χ3v) is 5.10. The standard InChI is InChI=1S/C20H22N2O3S/c1-24-17-8-7-14(11-18(17)25-2)12-20(23)21-9-10-26-19-13-22-16-6-4-3-5-15(16)19/h3-8,11,13,22H,9-10,12H2,1-2H3,(H,21,23). The van der Waals surface area contributed by atoms with Crippen molar-refractivity contribution in [2.75, 3.05) is 26.5 Å². The number of thioether (sulfide) groups is 1. The number of hydrogen-bond donors (Lipinski definition) is 2. The summed E-state index contributed by atoms with van der Waals surface area (Å²) in [4.78, 5) is 16.6. The molecule has 5 nitrogen and oxygen atoms in total. The second kappa shape index (κ2) is 8.67. The highest BCUT2D eigenvalue weighted by molar-refractivity contribution is 7.99. The number of rotatable bonds is 8. The molecule has 1 amide bonds. The first-order valence-corrected chi connectivity index (χ1v) is 9.36. The van der Waals surface area contributed by atoms with Crippen molar-refractivity contribution in [2.24, 2.45) is 0 Å². The number of aromatic amines is 1. The monoisotopic (exact) mass is 370 g/mol. The van der Waals surface area contributed by atoms with Gasteiger partial charge in [-0.25, -0.2) is 0 Å². The maximum absolute atomic E-state index is 12.1. The maximum Gasteiger partial charge on any atom is 0.224 e. The topological polar surface area (TPSA) is 63.3 Å². The van der Waals surface area contributed by atoms with Gasteiger partial charge in [0.2, 0.25) is 5.91 Å². The van der Waals surface area contributed by atoms with Crippen molar-refractivity contribution >= 4 is 28.6 Å². The third kappa shape index (κ3) is 4.32. The summed E-state index contributed by atoms with van der Waals surface area (Å²) in [5.41, 5.74) is 2.02. The third-order valence-electron chi connectivity index (χ3n) is 4.05. The number of nitrogens with one attached hydrogen (secondary N) is 2. The van der Waals surface area contributed by atoms with Crippen molar-refractivity contribution in [1.82, 2.24) is 10.3 Å². The van der Waals surface area contributed by atoms with E-state index in [0.717, 1.165) is 16.8 Å². The first-order valence-electron chi connectivity index (χ1n) is 8.38. The summed E-state index contributed by atoms with van der Waals surface area (Å²) in [5.74, 6) is 2.11. The summed E-state index contributed by atoms with van der Waals surface area (Å²) in [6, 6.07) is 13.7. The maximum atomic E-state index is 12.1. The van der Waals surface area contributed by atoms with Crippen molar-refractivity contribution in [3.8, 4) is 11.5 Å². The minimum absolute atomic E-state index is 0.00301. The van der Waals surface area contributed by atoms with E-state index in [-0.39, 0.29) is 5.91 Å². The second-order valence-corrected chi connectivity index (χ2v) is 6.90. The molecule has 1 heterocycles. The van der Waals surface area contributed by atoms with Crippen LogP contribution in [0.1, 0.15) is 5.56 Å². The molecule has 0 aliphatic heterocycles. The van der Waals surface area contributed by atoms with E-state index in [9.17, 15) is 4.79 Å². The molecule has 0 saturated heterocycles. The van der Waals surface area contributed by atoms with E-state index >= 15 is 0 Å². The van der Waals surface area contributed by atoms with Gasteiger partial charge in [-0.3, -0.25) is 4.79 Å². The molecule has 0 bridgehead atoms. The van der Waals surface area contributed by atoms with E-state index in [1.54, 1.807) is 26.0 Å². The minimum atomic E-state index is -0.00301. The first-order chi connectivity index (χ1) is 12.7. The summed E-state index contributed by atoms with van der Waals surface area (Å²) in [6.07, 6.45) is 2.33. The predicted octanol–water partition coefficient (Wildman–Crippen LogP) is 3.64. The second-order valence-electron chi connectivity index (χ2n) is 5.76. The first kappa shape index (κ1) is 18.2. The molecule has 0 saturated carbocycles. The Hall–Kier alpha value is -2.60. The Labute approximate surface area is 157 Å². The molecule has 136 valence electrons. The van der Waals surface area contributed by atoms with Crippen molar-refractivity contribution < 1.29 is 14.3 Å². The molecule has 0 fully saturated rings. The molecule has 26 heavy (non-hydrogen) atoms. The number of amides is 1. The lowest BCUT2D eigenvalue weighted by Crippen LogP contribution is -2.27. The van der Waals surface area contributed by atoms with Gasteiger partial charge in [0.15, 0.2) is 11.5 Å². The van der Waals surface area contributed by atoms with E-state index in [2.05, 4.69) is 22.4 Å². The fourth-order valence-corrected chi connectivity index (χ4v) is 3.65. The van der Waals surface area contributed by atoms with Crippen LogP contribution in [0.5, 0.6) is 11.5 Å². The van der Waals surface area contributed by atoms with E-state index in [4.69, 9.17) is 9.47 Å². The molecule has 0 aliphatic rings. The molecule has 0 aliphatic carbocycles. The summed E-state index contributed by atoms with van der Waals surface area (Å²) in [6.45, 7) is 0.621. The molecule has 0 radical (unpaired) electrons. The Morgan fingerprint density at radius 2 is 1.92 bits per heavy atom. The number of fused-ring (bicyclic) bond motifs is 1. The number of benzene rings is 2. The van der Waals surface area contributed by atoms with Gasteiger partial charge in [0.1, 0.15) is 0 Å². The molecule has 3 aromatic rings. The number of H-pyrrole nitrogens is 1. The van der Waals surface area contributed by atoms with Crippen LogP contribution in [0.2, 0.25) is 0 Å². The highest BCUT2D eigenvalue weighted by Gasteiger charge is 2.08. The van der Waals surface area contributed by atoms with Crippen LogP contribution >= 0.6 is 11.8 Å². The molecule has 2 N–H and O–H groups in total. The summed E-state index contributed by atoms with van der Waals surface area (Å²) in [7, 11) is 3.18. The highest BCUT2D eigenvalue weighted by atomic mass is 32.2. The summed E-state index contributed by atoms with van der Waals surface area (Å²) < 4.78 is 10.5. The number of aromatic nitrogens is 1. The van der Waals surface area contributed by atoms with Crippen LogP contribution in [0.15, 0.2) is 53.6 Å². The fraction of sp³-hybridized carbons (Fsp3) is 0.250. The largest absolute Gasteiger partial charge is 0.493 e. The molecule has 2 aromatic carbocycles. The molecule has 3 rings (SSSR count). The number of carbonyl (C=O) groups excluding carboxylic acids is 1. The van der Waals surface area contributed by atoms with Crippen LogP contribution in [-0.4, -0.2) is 37.4 Å². The van der Waals surface area contributed by atoms with Crippen LogP contribution in [0.4, 0.5) is 0 Å². The van der Waals surface area contributed by atoms with Gasteiger partial charge in [0.25, 0.3) is 0 Å². The van der Waals surface area contributed by atoms with E-state index in [0.29, 0.717) is 24.5 Å². The van der Waals surface area contributed by atoms with Gasteiger partial charge in [0.05, 0.1) is 20.6 Å². The zero-order chi connectivity index (χ0) is 18.4. The van der Waals surface area contributed by atoms with Gasteiger partial charge < -0.3 is 19.8 Å². The predicted molar refractivity (Wildman–Crippen MR) is 105 cm³/mol. The van der Waals surface area contributed by atoms with Crippen molar-refractivity contribution in [3.05, 3.63) is 54.2 Å². The van der Waals surface area contributed by atoms with Gasteiger partial charge in [-0.15, -0.1) is 11.8 Å². The lowest BCUT2D eigenvalue weighted by molar-refractivity contribution is -0.120. The molecule has 6 heteroatoms. The molecule has 0 spiro atoms. The van der Waals surface area contributed by atoms with Crippen molar-refractivity contribution in [3.63, 3.8) is 0 Å². The lowest BCUT2D eigenvalue weighted by Gasteiger charge is -2.10.